The van der Waals surface area contributed by atoms with E-state index in [1.807, 2.05) is 19.1 Å². The van der Waals surface area contributed by atoms with E-state index in [1.165, 1.54) is 12.8 Å². The van der Waals surface area contributed by atoms with Crippen molar-refractivity contribution >= 4 is 28.3 Å². The standard InChI is InChI=1S/C12H16BrNO.ClH/c1-7-4-9(13)6-10(12(7)15)11(14)5-8-2-3-8;/h4,6,8,11,15H,2-3,5,14H2,1H3;1H/t11-;/m0./s1. The molecule has 1 aliphatic carbocycles. The number of phenolic OH excluding ortho intramolecular Hbond substituents is 1. The van der Waals surface area contributed by atoms with E-state index in [0.717, 1.165) is 27.9 Å². The Labute approximate surface area is 111 Å². The van der Waals surface area contributed by atoms with E-state index in [2.05, 4.69) is 15.9 Å². The summed E-state index contributed by atoms with van der Waals surface area (Å²) in [5, 5.41) is 9.92. The van der Waals surface area contributed by atoms with Crippen molar-refractivity contribution in [3.05, 3.63) is 27.7 Å². The highest BCUT2D eigenvalue weighted by molar-refractivity contribution is 9.10. The molecule has 2 rings (SSSR count). The first-order valence-corrected chi connectivity index (χ1v) is 6.12. The molecule has 1 aromatic carbocycles. The first kappa shape index (κ1) is 13.8. The largest absolute Gasteiger partial charge is 0.507 e. The van der Waals surface area contributed by atoms with Gasteiger partial charge < -0.3 is 10.8 Å². The maximum absolute atomic E-state index is 9.92. The molecule has 3 N–H and O–H groups in total. The van der Waals surface area contributed by atoms with Gasteiger partial charge in [-0.3, -0.25) is 0 Å². The summed E-state index contributed by atoms with van der Waals surface area (Å²) in [5.41, 5.74) is 7.84. The van der Waals surface area contributed by atoms with E-state index in [0.29, 0.717) is 5.75 Å². The molecule has 1 atom stereocenters. The molecule has 1 aromatic rings. The molecule has 0 amide bonds. The lowest BCUT2D eigenvalue weighted by Gasteiger charge is -2.15. The van der Waals surface area contributed by atoms with Crippen molar-refractivity contribution < 1.29 is 5.11 Å². The maximum atomic E-state index is 9.92. The predicted octanol–water partition coefficient (Wildman–Crippen LogP) is 3.68. The number of rotatable bonds is 3. The van der Waals surface area contributed by atoms with Gasteiger partial charge in [0.1, 0.15) is 5.75 Å². The van der Waals surface area contributed by atoms with Crippen LogP contribution in [0.3, 0.4) is 0 Å². The van der Waals surface area contributed by atoms with E-state index < -0.39 is 0 Å². The molecule has 0 unspecified atom stereocenters. The minimum Gasteiger partial charge on any atom is -0.507 e. The molecule has 90 valence electrons. The van der Waals surface area contributed by atoms with Gasteiger partial charge in [-0.15, -0.1) is 12.4 Å². The first-order chi connectivity index (χ1) is 7.08. The van der Waals surface area contributed by atoms with Crippen LogP contribution < -0.4 is 5.73 Å². The van der Waals surface area contributed by atoms with Crippen molar-refractivity contribution in [1.29, 1.82) is 0 Å². The van der Waals surface area contributed by atoms with Crippen LogP contribution in [0.15, 0.2) is 16.6 Å². The third-order valence-corrected chi connectivity index (χ3v) is 3.44. The molecule has 0 aromatic heterocycles. The zero-order valence-corrected chi connectivity index (χ0v) is 11.6. The smallest absolute Gasteiger partial charge is 0.123 e. The van der Waals surface area contributed by atoms with Crippen LogP contribution >= 0.6 is 28.3 Å². The summed E-state index contributed by atoms with van der Waals surface area (Å²) < 4.78 is 0.985. The zero-order chi connectivity index (χ0) is 11.0. The van der Waals surface area contributed by atoms with Crippen LogP contribution in [0.4, 0.5) is 0 Å². The molecule has 16 heavy (non-hydrogen) atoms. The Morgan fingerprint density at radius 3 is 2.69 bits per heavy atom. The Bertz CT molecular complexity index is 380. The van der Waals surface area contributed by atoms with Crippen molar-refractivity contribution in [1.82, 2.24) is 0 Å². The minimum absolute atomic E-state index is 0. The predicted molar refractivity (Wildman–Crippen MR) is 72.1 cm³/mol. The second-order valence-electron chi connectivity index (χ2n) is 4.45. The minimum atomic E-state index is -0.0336. The summed E-state index contributed by atoms with van der Waals surface area (Å²) in [6.07, 6.45) is 3.58. The van der Waals surface area contributed by atoms with Crippen molar-refractivity contribution in [2.24, 2.45) is 11.7 Å². The lowest BCUT2D eigenvalue weighted by Crippen LogP contribution is -2.11. The van der Waals surface area contributed by atoms with Crippen LogP contribution in [0.5, 0.6) is 5.75 Å². The Morgan fingerprint density at radius 1 is 1.50 bits per heavy atom. The van der Waals surface area contributed by atoms with Crippen LogP contribution in [0.2, 0.25) is 0 Å². The summed E-state index contributed by atoms with van der Waals surface area (Å²) in [7, 11) is 0. The van der Waals surface area contributed by atoms with Crippen molar-refractivity contribution in [3.8, 4) is 5.75 Å². The Morgan fingerprint density at radius 2 is 2.12 bits per heavy atom. The average Bonchev–Trinajstić information content (AvgIpc) is 2.94. The molecular formula is C12H17BrClNO. The first-order valence-electron chi connectivity index (χ1n) is 5.32. The Balaban J connectivity index is 0.00000128. The van der Waals surface area contributed by atoms with Gasteiger partial charge in [-0.1, -0.05) is 28.8 Å². The monoisotopic (exact) mass is 305 g/mol. The lowest BCUT2D eigenvalue weighted by atomic mass is 9.99. The zero-order valence-electron chi connectivity index (χ0n) is 9.24. The molecule has 1 saturated carbocycles. The number of phenols is 1. The molecule has 0 heterocycles. The summed E-state index contributed by atoms with van der Waals surface area (Å²) in [4.78, 5) is 0. The van der Waals surface area contributed by atoms with Crippen LogP contribution in [-0.2, 0) is 0 Å². The highest BCUT2D eigenvalue weighted by atomic mass is 79.9. The number of hydrogen-bond donors (Lipinski definition) is 2. The second kappa shape index (κ2) is 5.39. The van der Waals surface area contributed by atoms with Crippen LogP contribution in [0, 0.1) is 12.8 Å². The normalized spacial score (nSPS) is 16.7. The lowest BCUT2D eigenvalue weighted by molar-refractivity contribution is 0.451. The SMILES string of the molecule is Cc1cc(Br)cc([C@@H](N)CC2CC2)c1O.Cl. The number of aromatic hydroxyl groups is 1. The van der Waals surface area contributed by atoms with Gasteiger partial charge in [-0.25, -0.2) is 0 Å². The van der Waals surface area contributed by atoms with E-state index in [1.54, 1.807) is 0 Å². The summed E-state index contributed by atoms with van der Waals surface area (Å²) in [6.45, 7) is 1.90. The molecule has 0 saturated heterocycles. The summed E-state index contributed by atoms with van der Waals surface area (Å²) in [5.74, 6) is 1.13. The third kappa shape index (κ3) is 3.12. The van der Waals surface area contributed by atoms with Crippen molar-refractivity contribution in [2.75, 3.05) is 0 Å². The quantitative estimate of drug-likeness (QED) is 0.894. The van der Waals surface area contributed by atoms with Gasteiger partial charge in [0, 0.05) is 16.1 Å². The number of hydrogen-bond acceptors (Lipinski definition) is 2. The summed E-state index contributed by atoms with van der Waals surface area (Å²) in [6, 6.07) is 3.80. The van der Waals surface area contributed by atoms with Gasteiger partial charge in [0.05, 0.1) is 0 Å². The van der Waals surface area contributed by atoms with Gasteiger partial charge in [-0.2, -0.15) is 0 Å². The number of benzene rings is 1. The number of nitrogens with two attached hydrogens (primary N) is 1. The van der Waals surface area contributed by atoms with Gasteiger partial charge in [0.15, 0.2) is 0 Å². The van der Waals surface area contributed by atoms with E-state index in [4.69, 9.17) is 5.73 Å². The highest BCUT2D eigenvalue weighted by Gasteiger charge is 2.26. The molecule has 2 nitrogen and oxygen atoms in total. The van der Waals surface area contributed by atoms with Crippen molar-refractivity contribution in [2.45, 2.75) is 32.2 Å². The molecule has 0 radical (unpaired) electrons. The Hall–Kier alpha value is -0.250. The van der Waals surface area contributed by atoms with E-state index >= 15 is 0 Å². The Kier molecular flexibility index (Phi) is 4.65. The fraction of sp³-hybridized carbons (Fsp3) is 0.500. The van der Waals surface area contributed by atoms with Crippen LogP contribution in [-0.4, -0.2) is 5.11 Å². The van der Waals surface area contributed by atoms with Gasteiger partial charge in [0.25, 0.3) is 0 Å². The fourth-order valence-electron chi connectivity index (χ4n) is 1.88. The van der Waals surface area contributed by atoms with E-state index in [9.17, 15) is 5.11 Å². The molecule has 0 aliphatic heterocycles. The molecule has 1 fully saturated rings. The van der Waals surface area contributed by atoms with Gasteiger partial charge in [0.2, 0.25) is 0 Å². The molecule has 0 bridgehead atoms. The van der Waals surface area contributed by atoms with E-state index in [-0.39, 0.29) is 18.4 Å². The summed E-state index contributed by atoms with van der Waals surface area (Å²) >= 11 is 3.43. The van der Waals surface area contributed by atoms with Gasteiger partial charge in [-0.05, 0) is 37.0 Å². The molecule has 1 aliphatic rings. The second-order valence-corrected chi connectivity index (χ2v) is 5.36. The molecular weight excluding hydrogens is 289 g/mol. The average molecular weight is 307 g/mol. The third-order valence-electron chi connectivity index (χ3n) is 2.98. The van der Waals surface area contributed by atoms with Crippen LogP contribution in [0.1, 0.15) is 36.4 Å². The number of halogens is 2. The fourth-order valence-corrected chi connectivity index (χ4v) is 2.47. The molecule has 4 heteroatoms. The highest BCUT2D eigenvalue weighted by Crippen LogP contribution is 2.39. The van der Waals surface area contributed by atoms with Crippen molar-refractivity contribution in [3.63, 3.8) is 0 Å². The number of aryl methyl sites for hydroxylation is 1. The topological polar surface area (TPSA) is 46.2 Å². The molecule has 0 spiro atoms. The van der Waals surface area contributed by atoms with Crippen LogP contribution in [0.25, 0.3) is 0 Å². The van der Waals surface area contributed by atoms with Gasteiger partial charge >= 0.3 is 0 Å². The maximum Gasteiger partial charge on any atom is 0.123 e.